The Bertz CT molecular complexity index is 722. The van der Waals surface area contributed by atoms with E-state index in [4.69, 9.17) is 23.2 Å². The fourth-order valence-corrected chi connectivity index (χ4v) is 3.21. The average molecular weight is 429 g/mol. The molecule has 0 saturated heterocycles. The number of aromatic nitrogens is 1. The third-order valence-corrected chi connectivity index (χ3v) is 4.86. The third-order valence-electron chi connectivity index (χ3n) is 2.16. The van der Waals surface area contributed by atoms with Crippen molar-refractivity contribution < 1.29 is 8.42 Å². The van der Waals surface area contributed by atoms with E-state index in [2.05, 4.69) is 32.3 Å². The van der Waals surface area contributed by atoms with Crippen LogP contribution in [0.25, 0.3) is 0 Å². The molecule has 1 N–H and O–H groups in total. The Morgan fingerprint density at radius 2 is 1.95 bits per heavy atom. The quantitative estimate of drug-likeness (QED) is 0.597. The Morgan fingerprint density at radius 3 is 2.58 bits per heavy atom. The smallest absolute Gasteiger partial charge is 0.263 e. The van der Waals surface area contributed by atoms with Crippen molar-refractivity contribution in [3.63, 3.8) is 0 Å². The van der Waals surface area contributed by atoms with Crippen molar-refractivity contribution in [3.05, 3.63) is 50.3 Å². The van der Waals surface area contributed by atoms with Crippen LogP contribution in [0, 0.1) is 3.57 Å². The maximum Gasteiger partial charge on any atom is 0.263 e. The predicted molar refractivity (Wildman–Crippen MR) is 84.2 cm³/mol. The molecule has 19 heavy (non-hydrogen) atoms. The van der Waals surface area contributed by atoms with E-state index in [-0.39, 0.29) is 15.1 Å². The molecule has 0 unspecified atom stereocenters. The molecule has 1 heterocycles. The van der Waals surface area contributed by atoms with Crippen LogP contribution in [0.15, 0.2) is 41.4 Å². The lowest BCUT2D eigenvalue weighted by Gasteiger charge is -2.08. The number of pyridine rings is 1. The highest BCUT2D eigenvalue weighted by Gasteiger charge is 2.16. The highest BCUT2D eigenvalue weighted by atomic mass is 127. The van der Waals surface area contributed by atoms with Gasteiger partial charge in [0.2, 0.25) is 0 Å². The van der Waals surface area contributed by atoms with Gasteiger partial charge in [-0.2, -0.15) is 0 Å². The van der Waals surface area contributed by atoms with Gasteiger partial charge < -0.3 is 0 Å². The molecule has 0 spiro atoms. The Labute approximate surface area is 134 Å². The Hall–Kier alpha value is -0.570. The highest BCUT2D eigenvalue weighted by Crippen LogP contribution is 2.24. The number of rotatable bonds is 3. The summed E-state index contributed by atoms with van der Waals surface area (Å²) in [5.74, 6) is 0. The van der Waals surface area contributed by atoms with Gasteiger partial charge in [-0.3, -0.25) is 4.72 Å². The molecule has 1 aromatic carbocycles. The molecule has 0 aliphatic rings. The van der Waals surface area contributed by atoms with Crippen LogP contribution in [0.3, 0.4) is 0 Å². The molecule has 1 aromatic heterocycles. The lowest BCUT2D eigenvalue weighted by Crippen LogP contribution is -2.13. The lowest BCUT2D eigenvalue weighted by molar-refractivity contribution is 0.601. The molecule has 0 aliphatic carbocycles. The van der Waals surface area contributed by atoms with E-state index in [0.717, 1.165) is 9.77 Å². The van der Waals surface area contributed by atoms with Gasteiger partial charge in [-0.1, -0.05) is 29.3 Å². The van der Waals surface area contributed by atoms with Crippen molar-refractivity contribution in [3.8, 4) is 0 Å². The van der Waals surface area contributed by atoms with Crippen LogP contribution in [0.5, 0.6) is 0 Å². The van der Waals surface area contributed by atoms with E-state index in [9.17, 15) is 8.42 Å². The summed E-state index contributed by atoms with van der Waals surface area (Å²) in [7, 11) is -3.73. The summed E-state index contributed by atoms with van der Waals surface area (Å²) in [5.41, 5.74) is 0.470. The van der Waals surface area contributed by atoms with Gasteiger partial charge in [-0.05, 0) is 46.9 Å². The molecule has 2 aromatic rings. The maximum absolute atomic E-state index is 12.1. The minimum Gasteiger partial charge on any atom is -0.280 e. The average Bonchev–Trinajstić information content (AvgIpc) is 2.32. The summed E-state index contributed by atoms with van der Waals surface area (Å²) in [6.45, 7) is 0. The third kappa shape index (κ3) is 3.71. The summed E-state index contributed by atoms with van der Waals surface area (Å²) in [4.78, 5) is 3.68. The molecular weight excluding hydrogens is 422 g/mol. The molecule has 2 rings (SSSR count). The molecular formula is C11H7Cl2IN2O2S. The minimum absolute atomic E-state index is 0.0410. The van der Waals surface area contributed by atoms with Crippen molar-refractivity contribution in [2.75, 3.05) is 4.72 Å². The number of nitrogens with zero attached hydrogens (tertiary/aromatic N) is 1. The molecule has 0 aliphatic heterocycles. The zero-order chi connectivity index (χ0) is 14.0. The van der Waals surface area contributed by atoms with Gasteiger partial charge in [-0.15, -0.1) is 0 Å². The van der Waals surface area contributed by atoms with Crippen molar-refractivity contribution >= 4 is 61.5 Å². The monoisotopic (exact) mass is 428 g/mol. The normalized spacial score (nSPS) is 11.3. The summed E-state index contributed by atoms with van der Waals surface area (Å²) in [5, 5.41) is 0.155. The topological polar surface area (TPSA) is 59.1 Å². The van der Waals surface area contributed by atoms with Crippen LogP contribution in [0.4, 0.5) is 5.69 Å². The first-order chi connectivity index (χ1) is 8.88. The van der Waals surface area contributed by atoms with Gasteiger partial charge in [-0.25, -0.2) is 13.4 Å². The zero-order valence-corrected chi connectivity index (χ0v) is 13.8. The Kier molecular flexibility index (Phi) is 4.54. The maximum atomic E-state index is 12.1. The fourth-order valence-electron chi connectivity index (χ4n) is 1.32. The first-order valence-corrected chi connectivity index (χ1v) is 8.30. The number of hydrogen-bond donors (Lipinski definition) is 1. The van der Waals surface area contributed by atoms with Gasteiger partial charge >= 0.3 is 0 Å². The van der Waals surface area contributed by atoms with E-state index in [1.54, 1.807) is 18.2 Å². The van der Waals surface area contributed by atoms with E-state index in [1.165, 1.54) is 6.07 Å². The largest absolute Gasteiger partial charge is 0.280 e. The molecule has 100 valence electrons. The standard InChI is InChI=1S/C11H7Cl2IN2O2S/c12-10-5-9(6-15-11(10)13)19(17,18)16-8-3-1-2-7(14)4-8/h1-6,16H. The number of nitrogens with one attached hydrogen (secondary N) is 1. The van der Waals surface area contributed by atoms with Crippen LogP contribution in [-0.2, 0) is 10.0 Å². The minimum atomic E-state index is -3.73. The summed E-state index contributed by atoms with van der Waals surface area (Å²) >= 11 is 13.5. The van der Waals surface area contributed by atoms with Gasteiger partial charge in [0.1, 0.15) is 10.0 Å². The first kappa shape index (κ1) is 14.8. The van der Waals surface area contributed by atoms with Crippen LogP contribution >= 0.6 is 45.8 Å². The van der Waals surface area contributed by atoms with Crippen molar-refractivity contribution in [2.45, 2.75) is 4.90 Å². The second kappa shape index (κ2) is 5.82. The van der Waals surface area contributed by atoms with Crippen LogP contribution < -0.4 is 4.72 Å². The van der Waals surface area contributed by atoms with Gasteiger partial charge in [0.15, 0.2) is 0 Å². The van der Waals surface area contributed by atoms with Gasteiger partial charge in [0.05, 0.1) is 5.02 Å². The second-order valence-corrected chi connectivity index (χ2v) is 7.25. The van der Waals surface area contributed by atoms with E-state index in [0.29, 0.717) is 5.69 Å². The van der Waals surface area contributed by atoms with Crippen LogP contribution in [0.2, 0.25) is 10.2 Å². The first-order valence-electron chi connectivity index (χ1n) is 4.98. The SMILES string of the molecule is O=S(=O)(Nc1cccc(I)c1)c1cnc(Cl)c(Cl)c1. The van der Waals surface area contributed by atoms with E-state index in [1.807, 2.05) is 6.07 Å². The number of hydrogen-bond acceptors (Lipinski definition) is 3. The fraction of sp³-hybridized carbons (Fsp3) is 0. The number of benzene rings is 1. The zero-order valence-electron chi connectivity index (χ0n) is 9.27. The Balaban J connectivity index is 2.35. The molecule has 8 heteroatoms. The van der Waals surface area contributed by atoms with Gasteiger partial charge in [0, 0.05) is 15.5 Å². The molecule has 0 radical (unpaired) electrons. The van der Waals surface area contributed by atoms with Gasteiger partial charge in [0.25, 0.3) is 10.0 Å². The number of halogens is 3. The molecule has 0 fully saturated rings. The summed E-state index contributed by atoms with van der Waals surface area (Å²) < 4.78 is 27.6. The molecule has 0 atom stereocenters. The predicted octanol–water partition coefficient (Wildman–Crippen LogP) is 3.79. The highest BCUT2D eigenvalue weighted by molar-refractivity contribution is 14.1. The molecule has 0 bridgehead atoms. The van der Waals surface area contributed by atoms with Crippen LogP contribution in [-0.4, -0.2) is 13.4 Å². The summed E-state index contributed by atoms with van der Waals surface area (Å²) in [6.07, 6.45) is 1.16. The van der Waals surface area contributed by atoms with E-state index < -0.39 is 10.0 Å². The van der Waals surface area contributed by atoms with E-state index >= 15 is 0 Å². The molecule has 0 amide bonds. The lowest BCUT2D eigenvalue weighted by atomic mass is 10.3. The van der Waals surface area contributed by atoms with Crippen molar-refractivity contribution in [1.29, 1.82) is 0 Å². The molecule has 0 saturated carbocycles. The van der Waals surface area contributed by atoms with Crippen molar-refractivity contribution in [1.82, 2.24) is 4.98 Å². The number of anilines is 1. The number of sulfonamides is 1. The second-order valence-electron chi connectivity index (χ2n) is 3.56. The Morgan fingerprint density at radius 1 is 1.21 bits per heavy atom. The van der Waals surface area contributed by atoms with Crippen LogP contribution in [0.1, 0.15) is 0 Å². The van der Waals surface area contributed by atoms with Crippen molar-refractivity contribution in [2.24, 2.45) is 0 Å². The summed E-state index contributed by atoms with van der Waals surface area (Å²) in [6, 6.07) is 8.24. The molecule has 4 nitrogen and oxygen atoms in total.